The van der Waals surface area contributed by atoms with Crippen LogP contribution >= 0.6 is 10.8 Å². The first-order chi connectivity index (χ1) is 19.8. The molecule has 0 saturated carbocycles. The Morgan fingerprint density at radius 1 is 1.05 bits per heavy atom. The third kappa shape index (κ3) is 7.23. The Labute approximate surface area is 244 Å². The molecule has 0 spiro atoms. The van der Waals surface area contributed by atoms with Crippen LogP contribution in [0.2, 0.25) is 0 Å². The van der Waals surface area contributed by atoms with E-state index in [9.17, 15) is 19.0 Å². The molecule has 1 fully saturated rings. The molecular weight excluding hydrogens is 536 g/mol. The van der Waals surface area contributed by atoms with E-state index in [2.05, 4.69) is 34.1 Å². The van der Waals surface area contributed by atoms with Crippen molar-refractivity contribution in [1.29, 1.82) is 0 Å². The highest BCUT2D eigenvalue weighted by Gasteiger charge is 2.29. The van der Waals surface area contributed by atoms with Gasteiger partial charge in [-0.1, -0.05) is 54.6 Å². The molecule has 1 heterocycles. The van der Waals surface area contributed by atoms with Crippen LogP contribution in [0.15, 0.2) is 72.8 Å². The molecule has 41 heavy (non-hydrogen) atoms. The summed E-state index contributed by atoms with van der Waals surface area (Å²) >= 11 is 0. The fourth-order valence-electron chi connectivity index (χ4n) is 5.88. The second-order valence-corrected chi connectivity index (χ2v) is 13.1. The predicted octanol–water partition coefficient (Wildman–Crippen LogP) is 5.36. The van der Waals surface area contributed by atoms with Crippen LogP contribution in [0.1, 0.15) is 59.3 Å². The van der Waals surface area contributed by atoms with Gasteiger partial charge in [0.1, 0.15) is 0 Å². The molecule has 5 rings (SSSR count). The molecule has 0 aromatic heterocycles. The van der Waals surface area contributed by atoms with Crippen molar-refractivity contribution in [2.24, 2.45) is 0 Å². The quantitative estimate of drug-likeness (QED) is 0.181. The van der Waals surface area contributed by atoms with Crippen LogP contribution in [-0.4, -0.2) is 57.7 Å². The molecule has 9 heteroatoms. The second kappa shape index (κ2) is 13.3. The van der Waals surface area contributed by atoms with Gasteiger partial charge >= 0.3 is 0 Å². The summed E-state index contributed by atoms with van der Waals surface area (Å²) in [5, 5.41) is 21.3. The molecule has 6 N–H and O–H groups in total. The Hall–Kier alpha value is -3.08. The number of aliphatic hydroxyl groups excluding tert-OH is 1. The minimum atomic E-state index is -2.94. The summed E-state index contributed by atoms with van der Waals surface area (Å²) in [6.07, 6.45) is 3.27. The van der Waals surface area contributed by atoms with Crippen molar-refractivity contribution in [1.82, 2.24) is 10.6 Å². The minimum absolute atomic E-state index is 0.178. The van der Waals surface area contributed by atoms with E-state index >= 15 is 0 Å². The smallest absolute Gasteiger partial charge is 0.251 e. The Balaban J connectivity index is 1.35. The number of hydrogen-bond donors (Lipinski definition) is 6. The van der Waals surface area contributed by atoms with Crippen molar-refractivity contribution in [2.75, 3.05) is 35.0 Å². The number of rotatable bonds is 11. The molecule has 1 aliphatic carbocycles. The van der Waals surface area contributed by atoms with Gasteiger partial charge < -0.3 is 21.1 Å². The van der Waals surface area contributed by atoms with Crippen molar-refractivity contribution in [3.8, 4) is 0 Å². The maximum Gasteiger partial charge on any atom is 0.251 e. The van der Waals surface area contributed by atoms with E-state index in [0.29, 0.717) is 43.1 Å². The summed E-state index contributed by atoms with van der Waals surface area (Å²) in [7, 11) is -2.94. The van der Waals surface area contributed by atoms with Gasteiger partial charge in [0.15, 0.2) is 0 Å². The maximum absolute atomic E-state index is 13.7. The van der Waals surface area contributed by atoms with E-state index in [1.54, 1.807) is 16.4 Å². The molecule has 3 aromatic rings. The van der Waals surface area contributed by atoms with Gasteiger partial charge in [0.05, 0.1) is 23.6 Å². The van der Waals surface area contributed by atoms with E-state index in [0.717, 1.165) is 36.9 Å². The highest BCUT2D eigenvalue weighted by molar-refractivity contribution is 8.25. The van der Waals surface area contributed by atoms with E-state index < -0.39 is 22.9 Å². The van der Waals surface area contributed by atoms with Gasteiger partial charge in [-0.05, 0) is 73.9 Å². The number of nitrogens with one attached hydrogen (secondary N) is 3. The fraction of sp³-hybridized carbons (Fsp3) is 0.406. The second-order valence-electron chi connectivity index (χ2n) is 11.0. The fourth-order valence-corrected chi connectivity index (χ4v) is 7.55. The molecule has 3 aromatic carbocycles. The lowest BCUT2D eigenvalue weighted by Gasteiger charge is -2.47. The van der Waals surface area contributed by atoms with Gasteiger partial charge in [-0.2, -0.15) is 0 Å². The average Bonchev–Trinajstić information content (AvgIpc) is 3.39. The van der Waals surface area contributed by atoms with Gasteiger partial charge in [0, 0.05) is 36.9 Å². The summed E-state index contributed by atoms with van der Waals surface area (Å²) in [6.45, 7) is 3.49. The number of aliphatic hydroxyl groups is 1. The topological polar surface area (TPSA) is 117 Å². The summed E-state index contributed by atoms with van der Waals surface area (Å²) in [4.78, 5) is 13.7. The van der Waals surface area contributed by atoms with E-state index in [1.807, 2.05) is 49.4 Å². The molecule has 0 unspecified atom stereocenters. The molecule has 1 saturated heterocycles. The number of nitrogens with zero attached hydrogens (tertiary/aromatic N) is 1. The molecule has 2 aliphatic rings. The number of aryl methyl sites for hydroxylation is 1. The van der Waals surface area contributed by atoms with Gasteiger partial charge in [0.25, 0.3) is 5.91 Å². The molecule has 220 valence electrons. The Morgan fingerprint density at radius 2 is 1.83 bits per heavy atom. The first-order valence-electron chi connectivity index (χ1n) is 14.6. The van der Waals surface area contributed by atoms with E-state index in [4.69, 9.17) is 0 Å². The first kappa shape index (κ1) is 29.4. The summed E-state index contributed by atoms with van der Waals surface area (Å²) in [6, 6.07) is 23.3. The van der Waals surface area contributed by atoms with Crippen molar-refractivity contribution in [3.05, 3.63) is 95.1 Å². The standard InChI is InChI=1S/C32H42N4O4S/c1-2-33-26-19-25(20-27(21-26)36-16-8-9-17-41(36,39)40)32(38)35-30(18-23-10-4-3-5-11-23)31(37)22-34-29-15-14-24-12-6-7-13-28(24)29/h3-7,10-13,19-21,29-31,33-34,37,39-40H,2,8-9,14-18,22H2,1H3,(H,35,38)/t29-,30-,31-/m0/s1. The predicted molar refractivity (Wildman–Crippen MR) is 168 cm³/mol. The molecule has 0 radical (unpaired) electrons. The van der Waals surface area contributed by atoms with Crippen LogP contribution in [0.25, 0.3) is 0 Å². The number of fused-ring (bicyclic) bond motifs is 1. The lowest BCUT2D eigenvalue weighted by atomic mass is 9.99. The minimum Gasteiger partial charge on any atom is -0.390 e. The zero-order chi connectivity index (χ0) is 28.8. The number of hydrogen-bond acceptors (Lipinski definition) is 7. The maximum atomic E-state index is 13.7. The molecular formula is C32H42N4O4S. The lowest BCUT2D eigenvalue weighted by Crippen LogP contribution is -2.49. The van der Waals surface area contributed by atoms with Crippen LogP contribution < -0.4 is 20.3 Å². The van der Waals surface area contributed by atoms with Gasteiger partial charge in [0.2, 0.25) is 0 Å². The SMILES string of the molecule is CCNc1cc(C(=O)N[C@@H](Cc2ccccc2)[C@@H](O)CN[C@H]2CCc3ccccc32)cc(N2CCCCS2(O)O)c1. The Bertz CT molecular complexity index is 1320. The van der Waals surface area contributed by atoms with Crippen molar-refractivity contribution < 1.29 is 19.0 Å². The highest BCUT2D eigenvalue weighted by atomic mass is 32.3. The van der Waals surface area contributed by atoms with Gasteiger partial charge in [-0.3, -0.25) is 18.2 Å². The molecule has 1 amide bonds. The third-order valence-electron chi connectivity index (χ3n) is 8.02. The molecule has 8 nitrogen and oxygen atoms in total. The summed E-state index contributed by atoms with van der Waals surface area (Å²) < 4.78 is 23.1. The number of anilines is 2. The van der Waals surface area contributed by atoms with Crippen LogP contribution in [0.4, 0.5) is 11.4 Å². The molecule has 3 atom stereocenters. The van der Waals surface area contributed by atoms with E-state index in [-0.39, 0.29) is 11.9 Å². The van der Waals surface area contributed by atoms with Crippen LogP contribution in [0.3, 0.4) is 0 Å². The van der Waals surface area contributed by atoms with Crippen molar-refractivity contribution in [2.45, 2.75) is 57.2 Å². The van der Waals surface area contributed by atoms with E-state index in [1.165, 1.54) is 11.1 Å². The zero-order valence-corrected chi connectivity index (χ0v) is 24.4. The number of carbonyl (C=O) groups excluding carboxylic acids is 1. The number of carbonyl (C=O) groups is 1. The van der Waals surface area contributed by atoms with Gasteiger partial charge in [-0.25, -0.2) is 0 Å². The summed E-state index contributed by atoms with van der Waals surface area (Å²) in [5.74, 6) is 0.00901. The first-order valence-corrected chi connectivity index (χ1v) is 16.3. The largest absolute Gasteiger partial charge is 0.390 e. The Morgan fingerprint density at radius 3 is 2.61 bits per heavy atom. The molecule has 1 aliphatic heterocycles. The third-order valence-corrected chi connectivity index (χ3v) is 9.95. The monoisotopic (exact) mass is 578 g/mol. The highest BCUT2D eigenvalue weighted by Crippen LogP contribution is 2.50. The number of amides is 1. The molecule has 0 bridgehead atoms. The van der Waals surface area contributed by atoms with Gasteiger partial charge in [-0.15, -0.1) is 10.8 Å². The number of benzene rings is 3. The van der Waals surface area contributed by atoms with Crippen LogP contribution in [0, 0.1) is 0 Å². The Kier molecular flexibility index (Phi) is 9.52. The lowest BCUT2D eigenvalue weighted by molar-refractivity contribution is 0.0824. The normalized spacial score (nSPS) is 20.1. The summed E-state index contributed by atoms with van der Waals surface area (Å²) in [5.41, 5.74) is 5.39. The average molecular weight is 579 g/mol. The van der Waals surface area contributed by atoms with Crippen LogP contribution in [0.5, 0.6) is 0 Å². The zero-order valence-electron chi connectivity index (χ0n) is 23.6. The van der Waals surface area contributed by atoms with Crippen LogP contribution in [-0.2, 0) is 12.8 Å². The van der Waals surface area contributed by atoms with Crippen molar-refractivity contribution >= 4 is 28.1 Å². The van der Waals surface area contributed by atoms with Crippen molar-refractivity contribution in [3.63, 3.8) is 0 Å².